The maximum absolute atomic E-state index is 11.7. The normalized spacial score (nSPS) is 30.2. The molecule has 0 aromatic carbocycles. The Balaban J connectivity index is 2.09. The number of aliphatic hydroxyl groups is 3. The lowest BCUT2D eigenvalue weighted by atomic mass is 10.1. The van der Waals surface area contributed by atoms with Crippen molar-refractivity contribution in [1.82, 2.24) is 19.5 Å². The third kappa shape index (κ3) is 1.96. The van der Waals surface area contributed by atoms with Gasteiger partial charge in [-0.2, -0.15) is 0 Å². The molecule has 10 heteroatoms. The number of aliphatic hydroxyl groups excluding tert-OH is 3. The first-order valence-electron chi connectivity index (χ1n) is 5.77. The van der Waals surface area contributed by atoms with Crippen molar-refractivity contribution >= 4 is 27.1 Å². The van der Waals surface area contributed by atoms with Crippen LogP contribution < -0.4 is 5.56 Å². The zero-order valence-corrected chi connectivity index (χ0v) is 11.6. The quantitative estimate of drug-likeness (QED) is 0.486. The summed E-state index contributed by atoms with van der Waals surface area (Å²) in [6.07, 6.45) is -3.08. The second kappa shape index (κ2) is 4.90. The summed E-state index contributed by atoms with van der Waals surface area (Å²) in [6.45, 7) is -0.431. The van der Waals surface area contributed by atoms with E-state index in [1.165, 1.54) is 10.9 Å². The van der Waals surface area contributed by atoms with Gasteiger partial charge in [0.15, 0.2) is 22.1 Å². The van der Waals surface area contributed by atoms with Crippen molar-refractivity contribution in [3.63, 3.8) is 0 Å². The van der Waals surface area contributed by atoms with Gasteiger partial charge in [0.25, 0.3) is 5.56 Å². The zero-order valence-electron chi connectivity index (χ0n) is 9.97. The number of ether oxygens (including phenoxy) is 1. The molecule has 3 heterocycles. The van der Waals surface area contributed by atoms with Gasteiger partial charge in [0.05, 0.1) is 12.9 Å². The summed E-state index contributed by atoms with van der Waals surface area (Å²) in [6, 6.07) is 0. The standard InChI is InChI=1S/C10H11BrN4O5/c11-10-13-7-4(8(19)14-10)12-2-15(7)9-6(18)5(17)3(1-16)20-9/h2-3,5-6,9,16-18H,1H2,(H,13,14,19)/t3-,5?,6?,9-/m1/s1. The van der Waals surface area contributed by atoms with Crippen LogP contribution in [0.2, 0.25) is 0 Å². The number of H-pyrrole nitrogens is 1. The third-order valence-corrected chi connectivity index (χ3v) is 3.57. The van der Waals surface area contributed by atoms with Crippen LogP contribution in [-0.2, 0) is 4.74 Å². The van der Waals surface area contributed by atoms with Gasteiger partial charge in [-0.1, -0.05) is 0 Å². The van der Waals surface area contributed by atoms with Crippen molar-refractivity contribution < 1.29 is 20.1 Å². The minimum Gasteiger partial charge on any atom is -0.394 e. The Labute approximate surface area is 120 Å². The summed E-state index contributed by atoms with van der Waals surface area (Å²) < 4.78 is 6.93. The van der Waals surface area contributed by atoms with E-state index in [2.05, 4.69) is 30.9 Å². The average molecular weight is 347 g/mol. The lowest BCUT2D eigenvalue weighted by molar-refractivity contribution is -0.0511. The van der Waals surface area contributed by atoms with Crippen LogP contribution in [0.1, 0.15) is 6.23 Å². The molecule has 0 saturated carbocycles. The van der Waals surface area contributed by atoms with Crippen LogP contribution in [0.3, 0.4) is 0 Å². The highest BCUT2D eigenvalue weighted by Crippen LogP contribution is 2.30. The fraction of sp³-hybridized carbons (Fsp3) is 0.500. The summed E-state index contributed by atoms with van der Waals surface area (Å²) >= 11 is 3.06. The van der Waals surface area contributed by atoms with E-state index in [1.807, 2.05) is 0 Å². The molecule has 1 aliphatic heterocycles. The zero-order chi connectivity index (χ0) is 14.4. The van der Waals surface area contributed by atoms with E-state index in [0.717, 1.165) is 0 Å². The van der Waals surface area contributed by atoms with E-state index < -0.39 is 36.7 Å². The Bertz CT molecular complexity index is 701. The highest BCUT2D eigenvalue weighted by molar-refractivity contribution is 9.10. The van der Waals surface area contributed by atoms with E-state index in [9.17, 15) is 15.0 Å². The van der Waals surface area contributed by atoms with Crippen molar-refractivity contribution in [2.45, 2.75) is 24.5 Å². The molecule has 20 heavy (non-hydrogen) atoms. The van der Waals surface area contributed by atoms with Gasteiger partial charge < -0.3 is 20.1 Å². The molecule has 2 unspecified atom stereocenters. The Morgan fingerprint density at radius 3 is 2.85 bits per heavy atom. The molecule has 4 atom stereocenters. The predicted molar refractivity (Wildman–Crippen MR) is 68.9 cm³/mol. The number of rotatable bonds is 2. The number of halogens is 1. The van der Waals surface area contributed by atoms with Gasteiger partial charge in [0.2, 0.25) is 0 Å². The SMILES string of the molecule is O=c1[nH]c(Br)nc2c1ncn2[C@@H]1O[C@H](CO)C(O)C1O. The molecule has 0 amide bonds. The molecule has 9 nitrogen and oxygen atoms in total. The average Bonchev–Trinajstić information content (AvgIpc) is 2.93. The van der Waals surface area contributed by atoms with Crippen molar-refractivity contribution in [3.8, 4) is 0 Å². The van der Waals surface area contributed by atoms with Crippen molar-refractivity contribution in [2.24, 2.45) is 0 Å². The minimum absolute atomic E-state index is 0.0888. The van der Waals surface area contributed by atoms with E-state index in [0.29, 0.717) is 0 Å². The molecule has 108 valence electrons. The fourth-order valence-corrected chi connectivity index (χ4v) is 2.54. The topological polar surface area (TPSA) is 133 Å². The first-order valence-corrected chi connectivity index (χ1v) is 6.57. The molecule has 3 rings (SSSR count). The third-order valence-electron chi connectivity index (χ3n) is 3.19. The monoisotopic (exact) mass is 346 g/mol. The molecule has 0 spiro atoms. The number of imidazole rings is 1. The fourth-order valence-electron chi connectivity index (χ4n) is 2.20. The number of aromatic amines is 1. The van der Waals surface area contributed by atoms with Gasteiger partial charge in [-0.3, -0.25) is 14.3 Å². The molecular formula is C10H11BrN4O5. The molecule has 1 aliphatic rings. The molecule has 2 aromatic heterocycles. The Morgan fingerprint density at radius 2 is 2.20 bits per heavy atom. The van der Waals surface area contributed by atoms with Crippen LogP contribution in [0.15, 0.2) is 15.9 Å². The minimum atomic E-state index is -1.26. The maximum atomic E-state index is 11.7. The van der Waals surface area contributed by atoms with Gasteiger partial charge in [-0.25, -0.2) is 9.97 Å². The number of aromatic nitrogens is 4. The number of hydrogen-bond acceptors (Lipinski definition) is 7. The molecule has 0 radical (unpaired) electrons. The largest absolute Gasteiger partial charge is 0.394 e. The van der Waals surface area contributed by atoms with E-state index >= 15 is 0 Å². The van der Waals surface area contributed by atoms with Crippen LogP contribution in [0, 0.1) is 0 Å². The predicted octanol–water partition coefficient (Wildman–Crippen LogP) is -1.51. The van der Waals surface area contributed by atoms with Gasteiger partial charge in [-0.05, 0) is 15.9 Å². The van der Waals surface area contributed by atoms with Crippen LogP contribution in [-0.4, -0.2) is 59.8 Å². The lowest BCUT2D eigenvalue weighted by Gasteiger charge is -2.16. The molecule has 4 N–H and O–H groups in total. The highest BCUT2D eigenvalue weighted by Gasteiger charge is 2.44. The van der Waals surface area contributed by atoms with E-state index in [-0.39, 0.29) is 15.9 Å². The number of nitrogens with one attached hydrogen (secondary N) is 1. The maximum Gasteiger partial charge on any atom is 0.279 e. The van der Waals surface area contributed by atoms with Crippen molar-refractivity contribution in [2.75, 3.05) is 6.61 Å². The van der Waals surface area contributed by atoms with Gasteiger partial charge in [0.1, 0.15) is 18.3 Å². The van der Waals surface area contributed by atoms with E-state index in [4.69, 9.17) is 9.84 Å². The molecule has 1 saturated heterocycles. The van der Waals surface area contributed by atoms with Gasteiger partial charge in [-0.15, -0.1) is 0 Å². The van der Waals surface area contributed by atoms with Gasteiger partial charge >= 0.3 is 0 Å². The van der Waals surface area contributed by atoms with Crippen LogP contribution in [0.5, 0.6) is 0 Å². The summed E-state index contributed by atoms with van der Waals surface area (Å²) in [7, 11) is 0. The van der Waals surface area contributed by atoms with E-state index in [1.54, 1.807) is 0 Å². The smallest absolute Gasteiger partial charge is 0.279 e. The Morgan fingerprint density at radius 1 is 1.45 bits per heavy atom. The van der Waals surface area contributed by atoms with Crippen molar-refractivity contribution in [3.05, 3.63) is 21.4 Å². The Hall–Kier alpha value is -1.33. The summed E-state index contributed by atoms with van der Waals surface area (Å²) in [4.78, 5) is 22.1. The summed E-state index contributed by atoms with van der Waals surface area (Å²) in [5.41, 5.74) is -0.145. The molecule has 1 fully saturated rings. The number of hydrogen-bond donors (Lipinski definition) is 4. The molecule has 0 aliphatic carbocycles. The Kier molecular flexibility index (Phi) is 3.34. The van der Waals surface area contributed by atoms with Crippen LogP contribution in [0.4, 0.5) is 0 Å². The second-order valence-corrected chi connectivity index (χ2v) is 5.16. The van der Waals surface area contributed by atoms with Crippen molar-refractivity contribution in [1.29, 1.82) is 0 Å². The van der Waals surface area contributed by atoms with Crippen LogP contribution >= 0.6 is 15.9 Å². The van der Waals surface area contributed by atoms with Crippen LogP contribution in [0.25, 0.3) is 11.2 Å². The number of nitrogens with zero attached hydrogens (tertiary/aromatic N) is 3. The highest BCUT2D eigenvalue weighted by atomic mass is 79.9. The lowest BCUT2D eigenvalue weighted by Crippen LogP contribution is -2.33. The molecule has 2 aromatic rings. The van der Waals surface area contributed by atoms with Gasteiger partial charge in [0, 0.05) is 0 Å². The first kappa shape index (κ1) is 13.6. The molecule has 0 bridgehead atoms. The number of fused-ring (bicyclic) bond motifs is 1. The summed E-state index contributed by atoms with van der Waals surface area (Å²) in [5, 5.41) is 28.8. The second-order valence-electron chi connectivity index (χ2n) is 4.41. The first-order chi connectivity index (χ1) is 9.52. The summed E-state index contributed by atoms with van der Waals surface area (Å²) in [5.74, 6) is 0. The molecular weight excluding hydrogens is 336 g/mol.